The van der Waals surface area contributed by atoms with Gasteiger partial charge >= 0.3 is 0 Å². The molecule has 0 aromatic heterocycles. The summed E-state index contributed by atoms with van der Waals surface area (Å²) in [6.45, 7) is 1.19. The van der Waals surface area contributed by atoms with Crippen LogP contribution in [-0.2, 0) is 18.7 Å². The second-order valence-corrected chi connectivity index (χ2v) is 7.33. The van der Waals surface area contributed by atoms with Crippen molar-refractivity contribution in [3.63, 3.8) is 0 Å². The van der Waals surface area contributed by atoms with Gasteiger partial charge in [0.2, 0.25) is 0 Å². The number of nitrogens with one attached hydrogen (secondary N) is 2. The van der Waals surface area contributed by atoms with Crippen molar-refractivity contribution in [1.29, 1.82) is 0 Å². The van der Waals surface area contributed by atoms with Crippen molar-refractivity contribution in [2.24, 2.45) is 4.99 Å². The second kappa shape index (κ2) is 14.2. The van der Waals surface area contributed by atoms with E-state index in [0.717, 1.165) is 22.4 Å². The van der Waals surface area contributed by atoms with E-state index in [-0.39, 0.29) is 29.8 Å². The van der Waals surface area contributed by atoms with E-state index in [1.807, 2.05) is 24.5 Å². The Bertz CT molecular complexity index is 843. The normalized spacial score (nSPS) is 10.8. The van der Waals surface area contributed by atoms with Crippen molar-refractivity contribution in [2.45, 2.75) is 18.7 Å². The minimum atomic E-state index is -0.215. The molecule has 0 radical (unpaired) electrons. The Balaban J connectivity index is 0.00000480. The van der Waals surface area contributed by atoms with Gasteiger partial charge in [0.1, 0.15) is 23.1 Å². The summed E-state index contributed by atoms with van der Waals surface area (Å²) in [4.78, 5) is 4.27. The molecule has 2 N–H and O–H groups in total. The zero-order valence-electron chi connectivity index (χ0n) is 18.6. The lowest BCUT2D eigenvalue weighted by molar-refractivity contribution is 0.368. The summed E-state index contributed by atoms with van der Waals surface area (Å²) in [7, 11) is 6.58. The van der Waals surface area contributed by atoms with Crippen LogP contribution in [0.2, 0.25) is 0 Å². The smallest absolute Gasteiger partial charge is 0.191 e. The third kappa shape index (κ3) is 7.95. The Hall–Kier alpha value is -1.88. The number of nitrogens with zero attached hydrogens (tertiary/aromatic N) is 1. The van der Waals surface area contributed by atoms with Crippen molar-refractivity contribution in [3.05, 3.63) is 52.8 Å². The number of rotatable bonds is 10. The van der Waals surface area contributed by atoms with E-state index in [2.05, 4.69) is 15.6 Å². The third-order valence-corrected chi connectivity index (χ3v) is 5.22. The zero-order valence-corrected chi connectivity index (χ0v) is 21.7. The number of hydrogen-bond donors (Lipinski definition) is 2. The number of methoxy groups -OCH3 is 3. The van der Waals surface area contributed by atoms with E-state index < -0.39 is 0 Å². The summed E-state index contributed by atoms with van der Waals surface area (Å²) in [6.07, 6.45) is 2.68. The van der Waals surface area contributed by atoms with Crippen molar-refractivity contribution in [3.8, 4) is 17.2 Å². The maximum Gasteiger partial charge on any atom is 0.191 e. The Labute approximate surface area is 205 Å². The molecule has 2 aromatic carbocycles. The zero-order chi connectivity index (χ0) is 21.9. The molecule has 0 spiro atoms. The number of guanidine groups is 1. The summed E-state index contributed by atoms with van der Waals surface area (Å²) in [6, 6.07) is 8.57. The molecule has 0 aliphatic heterocycles. The van der Waals surface area contributed by atoms with Crippen LogP contribution in [0.1, 0.15) is 16.7 Å². The molecule has 0 heterocycles. The van der Waals surface area contributed by atoms with Gasteiger partial charge in [-0.3, -0.25) is 4.99 Å². The maximum absolute atomic E-state index is 13.5. The van der Waals surface area contributed by atoms with Gasteiger partial charge in [-0.2, -0.15) is 11.8 Å². The fraction of sp³-hybridized carbons (Fsp3) is 0.409. The van der Waals surface area contributed by atoms with E-state index in [1.54, 1.807) is 46.2 Å². The summed E-state index contributed by atoms with van der Waals surface area (Å²) < 4.78 is 29.8. The first-order chi connectivity index (χ1) is 14.6. The first kappa shape index (κ1) is 27.2. The lowest BCUT2D eigenvalue weighted by atomic mass is 10.1. The molecule has 0 saturated heterocycles. The predicted octanol–water partition coefficient (Wildman–Crippen LogP) is 4.24. The number of thioether (sulfide) groups is 1. The van der Waals surface area contributed by atoms with E-state index in [0.29, 0.717) is 42.7 Å². The summed E-state index contributed by atoms with van der Waals surface area (Å²) in [5, 5.41) is 6.59. The largest absolute Gasteiger partial charge is 0.496 e. The number of benzene rings is 2. The minimum Gasteiger partial charge on any atom is -0.496 e. The van der Waals surface area contributed by atoms with Gasteiger partial charge in [-0.15, -0.1) is 24.0 Å². The van der Waals surface area contributed by atoms with Crippen molar-refractivity contribution in [1.82, 2.24) is 10.6 Å². The maximum atomic E-state index is 13.5. The van der Waals surface area contributed by atoms with Crippen LogP contribution in [0.4, 0.5) is 4.39 Å². The van der Waals surface area contributed by atoms with Gasteiger partial charge in [-0.05, 0) is 35.9 Å². The monoisotopic (exact) mass is 563 g/mol. The van der Waals surface area contributed by atoms with Gasteiger partial charge in [0.25, 0.3) is 0 Å². The molecule has 0 saturated carbocycles. The predicted molar refractivity (Wildman–Crippen MR) is 137 cm³/mol. The number of halogens is 2. The Morgan fingerprint density at radius 1 is 1.00 bits per heavy atom. The molecule has 0 amide bonds. The first-order valence-electron chi connectivity index (χ1n) is 9.55. The van der Waals surface area contributed by atoms with Crippen LogP contribution in [0.15, 0.2) is 35.3 Å². The van der Waals surface area contributed by atoms with Gasteiger partial charge in [0, 0.05) is 43.6 Å². The first-order valence-corrected chi connectivity index (χ1v) is 10.9. The minimum absolute atomic E-state index is 0. The van der Waals surface area contributed by atoms with Crippen LogP contribution < -0.4 is 24.8 Å². The molecule has 0 bridgehead atoms. The molecule has 6 nitrogen and oxygen atoms in total. The van der Waals surface area contributed by atoms with Crippen LogP contribution in [0.5, 0.6) is 17.2 Å². The van der Waals surface area contributed by atoms with Crippen LogP contribution >= 0.6 is 35.7 Å². The molecule has 2 aromatic rings. The Morgan fingerprint density at radius 3 is 2.23 bits per heavy atom. The van der Waals surface area contributed by atoms with Gasteiger partial charge in [0.05, 0.1) is 21.3 Å². The molecule has 0 fully saturated rings. The molecule has 2 rings (SSSR count). The molecule has 0 aliphatic carbocycles. The Kier molecular flexibility index (Phi) is 12.5. The Morgan fingerprint density at radius 2 is 1.68 bits per heavy atom. The van der Waals surface area contributed by atoms with Crippen LogP contribution in [0.3, 0.4) is 0 Å². The van der Waals surface area contributed by atoms with Crippen LogP contribution in [0.25, 0.3) is 0 Å². The highest BCUT2D eigenvalue weighted by molar-refractivity contribution is 14.0. The fourth-order valence-electron chi connectivity index (χ4n) is 3.09. The molecule has 172 valence electrons. The average molecular weight is 563 g/mol. The van der Waals surface area contributed by atoms with Crippen LogP contribution in [-0.4, -0.2) is 47.1 Å². The SMILES string of the molecule is CN=C(NCCc1c(OC)cc(OC)cc1OC)NCc1ccc(F)cc1CSC.I. The van der Waals surface area contributed by atoms with Gasteiger partial charge in [-0.25, -0.2) is 4.39 Å². The molecule has 0 atom stereocenters. The molecule has 0 unspecified atom stereocenters. The lowest BCUT2D eigenvalue weighted by Gasteiger charge is -2.17. The highest BCUT2D eigenvalue weighted by atomic mass is 127. The topological polar surface area (TPSA) is 64.1 Å². The molecular formula is C22H31FIN3O3S. The highest BCUT2D eigenvalue weighted by Gasteiger charge is 2.13. The van der Waals surface area contributed by atoms with E-state index >= 15 is 0 Å². The lowest BCUT2D eigenvalue weighted by Crippen LogP contribution is -2.38. The number of aliphatic imine (C=N–C) groups is 1. The molecule has 0 aliphatic rings. The average Bonchev–Trinajstić information content (AvgIpc) is 2.76. The van der Waals surface area contributed by atoms with E-state index in [4.69, 9.17) is 14.2 Å². The van der Waals surface area contributed by atoms with E-state index in [9.17, 15) is 4.39 Å². The molecular weight excluding hydrogens is 532 g/mol. The number of hydrogen-bond acceptors (Lipinski definition) is 5. The second-order valence-electron chi connectivity index (χ2n) is 6.46. The fourth-order valence-corrected chi connectivity index (χ4v) is 3.67. The molecule has 31 heavy (non-hydrogen) atoms. The standard InChI is InChI=1S/C22H30FN3O3S.HI/c1-24-22(26-13-15-6-7-17(23)10-16(15)14-30-5)25-9-8-19-20(28-3)11-18(27-2)12-21(19)29-4;/h6-7,10-12H,8-9,13-14H2,1-5H3,(H2,24,25,26);1H. The van der Waals surface area contributed by atoms with Crippen molar-refractivity contribution >= 4 is 41.7 Å². The highest BCUT2D eigenvalue weighted by Crippen LogP contribution is 2.34. The quantitative estimate of drug-likeness (QED) is 0.256. The van der Waals surface area contributed by atoms with Gasteiger partial charge in [-0.1, -0.05) is 6.07 Å². The van der Waals surface area contributed by atoms with Crippen LogP contribution in [0, 0.1) is 5.82 Å². The van der Waals surface area contributed by atoms with Crippen molar-refractivity contribution in [2.75, 3.05) is 41.2 Å². The third-order valence-electron chi connectivity index (χ3n) is 4.62. The summed E-state index contributed by atoms with van der Waals surface area (Å²) in [5.41, 5.74) is 2.98. The van der Waals surface area contributed by atoms with Crippen molar-refractivity contribution < 1.29 is 18.6 Å². The summed E-state index contributed by atoms with van der Waals surface area (Å²) in [5.74, 6) is 3.32. The van der Waals surface area contributed by atoms with E-state index in [1.165, 1.54) is 6.07 Å². The van der Waals surface area contributed by atoms with Gasteiger partial charge in [0.15, 0.2) is 5.96 Å². The molecule has 9 heteroatoms. The summed E-state index contributed by atoms with van der Waals surface area (Å²) >= 11 is 1.67. The number of ether oxygens (including phenoxy) is 3. The van der Waals surface area contributed by atoms with Gasteiger partial charge < -0.3 is 24.8 Å².